The van der Waals surface area contributed by atoms with E-state index in [4.69, 9.17) is 21.4 Å². The van der Waals surface area contributed by atoms with Crippen molar-refractivity contribution in [3.8, 4) is 5.75 Å². The van der Waals surface area contributed by atoms with Crippen molar-refractivity contribution in [2.24, 2.45) is 0 Å². The predicted octanol–water partition coefficient (Wildman–Crippen LogP) is 4.14. The summed E-state index contributed by atoms with van der Waals surface area (Å²) in [6.45, 7) is 2.12. The van der Waals surface area contributed by atoms with Crippen molar-refractivity contribution in [2.75, 3.05) is 0 Å². The van der Waals surface area contributed by atoms with E-state index in [1.54, 1.807) is 24.3 Å². The normalized spacial score (nSPS) is 12.1. The summed E-state index contributed by atoms with van der Waals surface area (Å²) in [5.41, 5.74) is 0. The van der Waals surface area contributed by atoms with Gasteiger partial charge in [0.25, 0.3) is 0 Å². The van der Waals surface area contributed by atoms with Gasteiger partial charge in [-0.25, -0.2) is 4.79 Å². The number of benzene rings is 1. The minimum absolute atomic E-state index is 0.540. The molecule has 0 aliphatic carbocycles. The number of aliphatic carboxylic acids is 1. The number of carboxylic acid groups (broad SMARTS) is 1. The van der Waals surface area contributed by atoms with Crippen LogP contribution in [0.3, 0.4) is 0 Å². The zero-order valence-corrected chi connectivity index (χ0v) is 11.3. The number of carbonyl (C=O) groups is 1. The van der Waals surface area contributed by atoms with E-state index >= 15 is 0 Å². The van der Waals surface area contributed by atoms with Gasteiger partial charge in [0, 0.05) is 5.02 Å². The number of rotatable bonds is 8. The Hall–Kier alpha value is -1.22. The lowest BCUT2D eigenvalue weighted by Crippen LogP contribution is -2.26. The topological polar surface area (TPSA) is 46.5 Å². The van der Waals surface area contributed by atoms with E-state index in [9.17, 15) is 4.79 Å². The van der Waals surface area contributed by atoms with Gasteiger partial charge in [-0.15, -0.1) is 0 Å². The number of ether oxygens (including phenoxy) is 1. The summed E-state index contributed by atoms with van der Waals surface area (Å²) in [6, 6.07) is 6.74. The third-order valence-electron chi connectivity index (χ3n) is 2.69. The maximum absolute atomic E-state index is 11.1. The number of unbranched alkanes of at least 4 members (excludes halogenated alkanes) is 3. The molecule has 1 rings (SSSR count). The minimum atomic E-state index is -0.915. The van der Waals surface area contributed by atoms with Crippen LogP contribution in [0.2, 0.25) is 5.02 Å². The van der Waals surface area contributed by atoms with Gasteiger partial charge in [-0.05, 0) is 37.1 Å². The summed E-state index contributed by atoms with van der Waals surface area (Å²) < 4.78 is 5.45. The first-order valence-electron chi connectivity index (χ1n) is 6.28. The Morgan fingerprint density at radius 1 is 1.28 bits per heavy atom. The Bertz CT molecular complexity index is 362. The summed E-state index contributed by atoms with van der Waals surface area (Å²) in [5.74, 6) is -0.372. The van der Waals surface area contributed by atoms with Crippen LogP contribution in [-0.2, 0) is 4.79 Å². The first-order chi connectivity index (χ1) is 8.63. The molecule has 1 atom stereocenters. The van der Waals surface area contributed by atoms with Crippen molar-refractivity contribution < 1.29 is 14.6 Å². The largest absolute Gasteiger partial charge is 0.479 e. The van der Waals surface area contributed by atoms with Gasteiger partial charge in [-0.2, -0.15) is 0 Å². The summed E-state index contributed by atoms with van der Waals surface area (Å²) >= 11 is 5.76. The van der Waals surface area contributed by atoms with Gasteiger partial charge in [-0.3, -0.25) is 0 Å². The number of carboxylic acids is 1. The van der Waals surface area contributed by atoms with Gasteiger partial charge < -0.3 is 9.84 Å². The average molecular weight is 271 g/mol. The molecule has 0 aliphatic rings. The van der Waals surface area contributed by atoms with Crippen molar-refractivity contribution in [3.05, 3.63) is 29.3 Å². The van der Waals surface area contributed by atoms with Gasteiger partial charge in [0.2, 0.25) is 0 Å². The second-order valence-corrected chi connectivity index (χ2v) is 4.68. The Balaban J connectivity index is 2.47. The third-order valence-corrected chi connectivity index (χ3v) is 2.94. The molecule has 0 saturated carbocycles. The SMILES string of the molecule is CCCCCC[C@@H](Oc1ccc(Cl)cc1)C(=O)O. The number of hydrogen-bond donors (Lipinski definition) is 1. The molecule has 4 heteroatoms. The fourth-order valence-corrected chi connectivity index (χ4v) is 1.79. The third kappa shape index (κ3) is 5.41. The monoisotopic (exact) mass is 270 g/mol. The summed E-state index contributed by atoms with van der Waals surface area (Å²) in [7, 11) is 0. The summed E-state index contributed by atoms with van der Waals surface area (Å²) in [4.78, 5) is 11.1. The molecule has 18 heavy (non-hydrogen) atoms. The van der Waals surface area contributed by atoms with Crippen molar-refractivity contribution >= 4 is 17.6 Å². The van der Waals surface area contributed by atoms with Crippen molar-refractivity contribution in [1.29, 1.82) is 0 Å². The predicted molar refractivity (Wildman–Crippen MR) is 72.3 cm³/mol. The van der Waals surface area contributed by atoms with E-state index in [1.807, 2.05) is 0 Å². The van der Waals surface area contributed by atoms with Crippen LogP contribution < -0.4 is 4.74 Å². The molecule has 1 aromatic rings. The molecule has 0 aliphatic heterocycles. The average Bonchev–Trinajstić information content (AvgIpc) is 2.35. The van der Waals surface area contributed by atoms with E-state index < -0.39 is 12.1 Å². The van der Waals surface area contributed by atoms with Crippen LogP contribution in [0, 0.1) is 0 Å². The zero-order chi connectivity index (χ0) is 13.4. The molecule has 100 valence electrons. The van der Waals surface area contributed by atoms with Crippen LogP contribution >= 0.6 is 11.6 Å². The van der Waals surface area contributed by atoms with Crippen molar-refractivity contribution in [3.63, 3.8) is 0 Å². The lowest BCUT2D eigenvalue weighted by molar-refractivity contribution is -0.145. The molecule has 0 bridgehead atoms. The van der Waals surface area contributed by atoms with Crippen LogP contribution in [-0.4, -0.2) is 17.2 Å². The van der Waals surface area contributed by atoms with Crippen LogP contribution in [0.25, 0.3) is 0 Å². The molecular weight excluding hydrogens is 252 g/mol. The lowest BCUT2D eigenvalue weighted by atomic mass is 10.1. The Kier molecular flexibility index (Phi) is 6.58. The van der Waals surface area contributed by atoms with Crippen molar-refractivity contribution in [2.45, 2.75) is 45.1 Å². The fourth-order valence-electron chi connectivity index (χ4n) is 1.67. The van der Waals surface area contributed by atoms with E-state index in [1.165, 1.54) is 0 Å². The molecule has 0 amide bonds. The number of halogens is 1. The highest BCUT2D eigenvalue weighted by molar-refractivity contribution is 6.30. The standard InChI is InChI=1S/C14H19ClO3/c1-2-3-4-5-6-13(14(16)17)18-12-9-7-11(15)8-10-12/h7-10,13H,2-6H2,1H3,(H,16,17)/t13-/m1/s1. The van der Waals surface area contributed by atoms with Gasteiger partial charge in [0.1, 0.15) is 5.75 Å². The molecule has 0 fully saturated rings. The second kappa shape index (κ2) is 7.98. The van der Waals surface area contributed by atoms with Gasteiger partial charge in [0.15, 0.2) is 6.10 Å². The maximum atomic E-state index is 11.1. The maximum Gasteiger partial charge on any atom is 0.344 e. The quantitative estimate of drug-likeness (QED) is 0.722. The molecule has 0 aromatic heterocycles. The molecule has 1 aromatic carbocycles. The summed E-state index contributed by atoms with van der Waals surface area (Å²) in [5, 5.41) is 9.70. The van der Waals surface area contributed by atoms with Gasteiger partial charge in [-0.1, -0.05) is 37.8 Å². The second-order valence-electron chi connectivity index (χ2n) is 4.25. The molecule has 0 unspecified atom stereocenters. The van der Waals surface area contributed by atoms with Gasteiger partial charge >= 0.3 is 5.97 Å². The van der Waals surface area contributed by atoms with Crippen molar-refractivity contribution in [1.82, 2.24) is 0 Å². The zero-order valence-electron chi connectivity index (χ0n) is 10.6. The van der Waals surface area contributed by atoms with Gasteiger partial charge in [0.05, 0.1) is 0 Å². The van der Waals surface area contributed by atoms with E-state index in [0.717, 1.165) is 25.7 Å². The first kappa shape index (κ1) is 14.8. The smallest absolute Gasteiger partial charge is 0.344 e. The summed E-state index contributed by atoms with van der Waals surface area (Å²) in [6.07, 6.45) is 3.95. The van der Waals surface area contributed by atoms with Crippen LogP contribution in [0.5, 0.6) is 5.75 Å². The van der Waals surface area contributed by atoms with E-state index in [0.29, 0.717) is 17.2 Å². The molecule has 0 heterocycles. The highest BCUT2D eigenvalue weighted by Gasteiger charge is 2.18. The Labute approximate surface area is 113 Å². The Morgan fingerprint density at radius 2 is 1.94 bits per heavy atom. The highest BCUT2D eigenvalue weighted by atomic mass is 35.5. The van der Waals surface area contributed by atoms with E-state index in [2.05, 4.69) is 6.92 Å². The van der Waals surface area contributed by atoms with E-state index in [-0.39, 0.29) is 0 Å². The fraction of sp³-hybridized carbons (Fsp3) is 0.500. The van der Waals surface area contributed by atoms with Crippen LogP contribution in [0.1, 0.15) is 39.0 Å². The van der Waals surface area contributed by atoms with Crippen LogP contribution in [0.15, 0.2) is 24.3 Å². The molecule has 0 spiro atoms. The minimum Gasteiger partial charge on any atom is -0.479 e. The molecular formula is C14H19ClO3. The van der Waals surface area contributed by atoms with Crippen LogP contribution in [0.4, 0.5) is 0 Å². The molecule has 0 saturated heterocycles. The molecule has 3 nitrogen and oxygen atoms in total. The number of hydrogen-bond acceptors (Lipinski definition) is 2. The molecule has 1 N–H and O–H groups in total. The lowest BCUT2D eigenvalue weighted by Gasteiger charge is -2.15. The Morgan fingerprint density at radius 3 is 2.50 bits per heavy atom. The first-order valence-corrected chi connectivity index (χ1v) is 6.66. The highest BCUT2D eigenvalue weighted by Crippen LogP contribution is 2.18. The molecule has 0 radical (unpaired) electrons.